The molecule has 3 rings (SSSR count). The third kappa shape index (κ3) is 3.43. The molecule has 1 aliphatic heterocycles. The molecule has 2 heterocycles. The summed E-state index contributed by atoms with van der Waals surface area (Å²) in [5, 5.41) is 12.3. The summed E-state index contributed by atoms with van der Waals surface area (Å²) >= 11 is 1.30. The minimum absolute atomic E-state index is 0.152. The van der Waals surface area contributed by atoms with E-state index in [1.807, 2.05) is 31.2 Å². The number of benzene rings is 1. The van der Waals surface area contributed by atoms with E-state index >= 15 is 0 Å². The first-order chi connectivity index (χ1) is 12.5. The number of aliphatic hydroxyl groups excluding tert-OH is 1. The van der Waals surface area contributed by atoms with Crippen LogP contribution in [0.2, 0.25) is 0 Å². The normalized spacial score (nSPS) is 17.2. The average Bonchev–Trinajstić information content (AvgIpc) is 3.25. The van der Waals surface area contributed by atoms with Gasteiger partial charge in [-0.1, -0.05) is 35.9 Å². The third-order valence-corrected chi connectivity index (χ3v) is 5.30. The highest BCUT2D eigenvalue weighted by Gasteiger charge is 2.43. The summed E-state index contributed by atoms with van der Waals surface area (Å²) in [5.41, 5.74) is 2.05. The van der Waals surface area contributed by atoms with E-state index in [9.17, 15) is 14.7 Å². The number of carbonyl (C=O) groups excluding carboxylic acids is 2. The fourth-order valence-corrected chi connectivity index (χ4v) is 3.81. The van der Waals surface area contributed by atoms with Gasteiger partial charge in [0.1, 0.15) is 0 Å². The predicted octanol–water partition coefficient (Wildman–Crippen LogP) is 3.67. The van der Waals surface area contributed by atoms with Crippen LogP contribution in [0.1, 0.15) is 33.3 Å². The zero-order chi connectivity index (χ0) is 18.7. The van der Waals surface area contributed by atoms with E-state index in [2.05, 4.69) is 0 Å². The number of carbonyl (C=O) groups is 2. The number of hydrogen-bond donors (Lipinski definition) is 1. The van der Waals surface area contributed by atoms with E-state index in [0.29, 0.717) is 24.4 Å². The van der Waals surface area contributed by atoms with Crippen molar-refractivity contribution in [3.05, 3.63) is 69.1 Å². The molecule has 1 atom stereocenters. The lowest BCUT2D eigenvalue weighted by molar-refractivity contribution is -0.129. The topological polar surface area (TPSA) is 66.8 Å². The van der Waals surface area contributed by atoms with Gasteiger partial charge in [-0.25, -0.2) is 0 Å². The van der Waals surface area contributed by atoms with Crippen molar-refractivity contribution in [1.82, 2.24) is 4.90 Å². The maximum atomic E-state index is 13.0. The van der Waals surface area contributed by atoms with Crippen molar-refractivity contribution in [2.45, 2.75) is 19.4 Å². The Labute approximate surface area is 156 Å². The second kappa shape index (κ2) is 7.85. The fraction of sp³-hybridized carbons (Fsp3) is 0.300. The van der Waals surface area contributed by atoms with Crippen LogP contribution in [-0.2, 0) is 9.53 Å². The smallest absolute Gasteiger partial charge is 0.290 e. The zero-order valence-electron chi connectivity index (χ0n) is 14.8. The first kappa shape index (κ1) is 18.4. The van der Waals surface area contributed by atoms with Crippen LogP contribution in [0, 0.1) is 6.92 Å². The van der Waals surface area contributed by atoms with Gasteiger partial charge in [-0.3, -0.25) is 9.59 Å². The Morgan fingerprint density at radius 3 is 2.62 bits per heavy atom. The number of amides is 1. The van der Waals surface area contributed by atoms with E-state index in [1.165, 1.54) is 11.3 Å². The van der Waals surface area contributed by atoms with Gasteiger partial charge in [0.25, 0.3) is 5.91 Å². The van der Waals surface area contributed by atoms with Gasteiger partial charge >= 0.3 is 0 Å². The number of thiophene rings is 1. The van der Waals surface area contributed by atoms with Gasteiger partial charge in [0, 0.05) is 20.3 Å². The molecule has 2 aromatic rings. The number of ketones is 1. The van der Waals surface area contributed by atoms with Crippen molar-refractivity contribution >= 4 is 23.0 Å². The third-order valence-electron chi connectivity index (χ3n) is 4.43. The Balaban J connectivity index is 2.02. The molecule has 26 heavy (non-hydrogen) atoms. The first-order valence-electron chi connectivity index (χ1n) is 8.42. The molecule has 0 fully saturated rings. The Kier molecular flexibility index (Phi) is 5.54. The minimum Gasteiger partial charge on any atom is -0.503 e. The molecule has 0 saturated carbocycles. The quantitative estimate of drug-likeness (QED) is 0.596. The molecule has 0 saturated heterocycles. The summed E-state index contributed by atoms with van der Waals surface area (Å²) in [6.07, 6.45) is 0.623. The average molecular weight is 371 g/mol. The molecule has 0 spiro atoms. The fourth-order valence-electron chi connectivity index (χ4n) is 3.13. The summed E-state index contributed by atoms with van der Waals surface area (Å²) in [6, 6.07) is 10.6. The van der Waals surface area contributed by atoms with Crippen molar-refractivity contribution in [3.8, 4) is 0 Å². The molecule has 0 aliphatic carbocycles. The molecule has 1 N–H and O–H groups in total. The summed E-state index contributed by atoms with van der Waals surface area (Å²) in [5.74, 6) is -1.26. The van der Waals surface area contributed by atoms with Crippen LogP contribution >= 0.6 is 11.3 Å². The van der Waals surface area contributed by atoms with Crippen LogP contribution < -0.4 is 0 Å². The van der Waals surface area contributed by atoms with Crippen LogP contribution in [0.3, 0.4) is 0 Å². The molecule has 6 heteroatoms. The van der Waals surface area contributed by atoms with Crippen LogP contribution in [-0.4, -0.2) is 42.0 Å². The Bertz CT molecular complexity index is 824. The minimum atomic E-state index is -0.588. The summed E-state index contributed by atoms with van der Waals surface area (Å²) < 4.78 is 5.07. The standard InChI is InChI=1S/C20H21NO4S/c1-13-6-8-14(9-7-13)17-16(18(22)15-5-3-12-26-15)19(23)20(24)21(17)10-4-11-25-2/h3,5-9,12,17,23H,4,10-11H2,1-2H3/t17-/m1/s1. The highest BCUT2D eigenvalue weighted by Crippen LogP contribution is 2.39. The molecule has 1 aliphatic rings. The largest absolute Gasteiger partial charge is 0.503 e. The zero-order valence-corrected chi connectivity index (χ0v) is 15.6. The number of Topliss-reactive ketones (excluding diaryl/α,β-unsaturated/α-hetero) is 1. The van der Waals surface area contributed by atoms with Crippen molar-refractivity contribution < 1.29 is 19.4 Å². The van der Waals surface area contributed by atoms with Gasteiger partial charge in [-0.2, -0.15) is 0 Å². The monoisotopic (exact) mass is 371 g/mol. The van der Waals surface area contributed by atoms with Crippen molar-refractivity contribution in [1.29, 1.82) is 0 Å². The molecule has 0 bridgehead atoms. The van der Waals surface area contributed by atoms with E-state index < -0.39 is 17.7 Å². The first-order valence-corrected chi connectivity index (χ1v) is 9.30. The molecule has 1 aromatic carbocycles. The van der Waals surface area contributed by atoms with Crippen molar-refractivity contribution in [2.24, 2.45) is 0 Å². The lowest BCUT2D eigenvalue weighted by atomic mass is 9.95. The highest BCUT2D eigenvalue weighted by molar-refractivity contribution is 7.12. The van der Waals surface area contributed by atoms with Crippen LogP contribution in [0.25, 0.3) is 0 Å². The Hall–Kier alpha value is -2.44. The SMILES string of the molecule is COCCCN1C(=O)C(O)=C(C(=O)c2cccs2)[C@H]1c1ccc(C)cc1. The van der Waals surface area contributed by atoms with Crippen LogP contribution in [0.5, 0.6) is 0 Å². The number of rotatable bonds is 7. The number of aliphatic hydroxyl groups is 1. The molecule has 0 radical (unpaired) electrons. The van der Waals surface area contributed by atoms with Gasteiger partial charge in [0.2, 0.25) is 5.78 Å². The van der Waals surface area contributed by atoms with Gasteiger partial charge in [0.05, 0.1) is 16.5 Å². The maximum Gasteiger partial charge on any atom is 0.290 e. The number of hydrogen-bond acceptors (Lipinski definition) is 5. The van der Waals surface area contributed by atoms with Crippen molar-refractivity contribution in [2.75, 3.05) is 20.3 Å². The summed E-state index contributed by atoms with van der Waals surface area (Å²) in [6.45, 7) is 2.88. The second-order valence-corrected chi connectivity index (χ2v) is 7.17. The van der Waals surface area contributed by atoms with Crippen molar-refractivity contribution in [3.63, 3.8) is 0 Å². The molecular formula is C20H21NO4S. The second-order valence-electron chi connectivity index (χ2n) is 6.23. The molecule has 0 unspecified atom stereocenters. The number of ether oxygens (including phenoxy) is 1. The number of methoxy groups -OCH3 is 1. The molecule has 1 aromatic heterocycles. The highest BCUT2D eigenvalue weighted by atomic mass is 32.1. The summed E-state index contributed by atoms with van der Waals surface area (Å²) in [4.78, 5) is 27.7. The Morgan fingerprint density at radius 1 is 1.27 bits per heavy atom. The van der Waals surface area contributed by atoms with E-state index in [0.717, 1.165) is 11.1 Å². The van der Waals surface area contributed by atoms with E-state index in [1.54, 1.807) is 29.5 Å². The number of aryl methyl sites for hydroxylation is 1. The van der Waals surface area contributed by atoms with Gasteiger partial charge in [-0.05, 0) is 30.4 Å². The predicted molar refractivity (Wildman–Crippen MR) is 100 cm³/mol. The lowest BCUT2D eigenvalue weighted by Crippen LogP contribution is -2.32. The molecule has 136 valence electrons. The van der Waals surface area contributed by atoms with E-state index in [4.69, 9.17) is 4.74 Å². The molecule has 1 amide bonds. The molecular weight excluding hydrogens is 350 g/mol. The summed E-state index contributed by atoms with van der Waals surface area (Å²) in [7, 11) is 1.60. The molecule has 5 nitrogen and oxygen atoms in total. The Morgan fingerprint density at radius 2 is 2.00 bits per heavy atom. The van der Waals surface area contributed by atoms with Gasteiger partial charge < -0.3 is 14.7 Å². The lowest BCUT2D eigenvalue weighted by Gasteiger charge is -2.26. The van der Waals surface area contributed by atoms with Crippen LogP contribution in [0.15, 0.2) is 53.1 Å². The number of nitrogens with zero attached hydrogens (tertiary/aromatic N) is 1. The van der Waals surface area contributed by atoms with Gasteiger partial charge in [0.15, 0.2) is 5.76 Å². The van der Waals surface area contributed by atoms with Crippen LogP contribution in [0.4, 0.5) is 0 Å². The van der Waals surface area contributed by atoms with Gasteiger partial charge in [-0.15, -0.1) is 11.3 Å². The maximum absolute atomic E-state index is 13.0. The van der Waals surface area contributed by atoms with E-state index in [-0.39, 0.29) is 11.4 Å².